The van der Waals surface area contributed by atoms with Gasteiger partial charge in [-0.15, -0.1) is 0 Å². The minimum Gasteiger partial charge on any atom is -0.389 e. The Morgan fingerprint density at radius 1 is 1.37 bits per heavy atom. The number of benzene rings is 1. The van der Waals surface area contributed by atoms with Crippen molar-refractivity contribution in [1.29, 1.82) is 0 Å². The van der Waals surface area contributed by atoms with Gasteiger partial charge in [0.05, 0.1) is 4.90 Å². The summed E-state index contributed by atoms with van der Waals surface area (Å²) in [6.45, 7) is 1.94. The predicted molar refractivity (Wildman–Crippen MR) is 81.1 cm³/mol. The highest BCUT2D eigenvalue weighted by Gasteiger charge is 2.13. The molecule has 0 aliphatic rings. The van der Waals surface area contributed by atoms with Crippen LogP contribution >= 0.6 is 12.2 Å². The summed E-state index contributed by atoms with van der Waals surface area (Å²) in [5.41, 5.74) is 6.05. The number of hydrogen-bond donors (Lipinski definition) is 2. The lowest BCUT2D eigenvalue weighted by atomic mass is 10.2. The van der Waals surface area contributed by atoms with E-state index >= 15 is 0 Å². The molecule has 1 atom stereocenters. The lowest BCUT2D eigenvalue weighted by Gasteiger charge is -2.07. The van der Waals surface area contributed by atoms with E-state index in [1.165, 1.54) is 12.1 Å². The predicted octanol–water partition coefficient (Wildman–Crippen LogP) is 0.368. The van der Waals surface area contributed by atoms with E-state index in [9.17, 15) is 12.6 Å². The Morgan fingerprint density at radius 3 is 2.42 bits per heavy atom. The fourth-order valence-corrected chi connectivity index (χ4v) is 3.23. The van der Waals surface area contributed by atoms with Gasteiger partial charge in [-0.1, -0.05) is 31.3 Å². The molecule has 0 saturated heterocycles. The normalized spacial score (nSPS) is 13.1. The molecule has 19 heavy (non-hydrogen) atoms. The van der Waals surface area contributed by atoms with Gasteiger partial charge in [0.15, 0.2) is 0 Å². The first-order valence-electron chi connectivity index (χ1n) is 5.61. The number of rotatable bonds is 7. The summed E-state index contributed by atoms with van der Waals surface area (Å²) in [7, 11) is -4.56. The number of hydrogen-bond acceptors (Lipinski definition) is 4. The molecule has 0 aliphatic carbocycles. The summed E-state index contributed by atoms with van der Waals surface area (Å²) in [6, 6.07) is 5.99. The van der Waals surface area contributed by atoms with Gasteiger partial charge >= 0.3 is 0 Å². The summed E-state index contributed by atoms with van der Waals surface area (Å²) in [6.07, 6.45) is 0. The molecule has 0 spiro atoms. The molecule has 3 N–H and O–H groups in total. The van der Waals surface area contributed by atoms with Gasteiger partial charge in [0.2, 0.25) is 10.0 Å². The van der Waals surface area contributed by atoms with E-state index in [0.717, 1.165) is 0 Å². The van der Waals surface area contributed by atoms with Crippen molar-refractivity contribution in [3.63, 3.8) is 0 Å². The van der Waals surface area contributed by atoms with Crippen molar-refractivity contribution < 1.29 is 12.6 Å². The van der Waals surface area contributed by atoms with E-state index in [2.05, 4.69) is 4.72 Å². The van der Waals surface area contributed by atoms with Crippen molar-refractivity contribution in [2.75, 3.05) is 18.1 Å². The average Bonchev–Trinajstić information content (AvgIpc) is 2.38. The molecule has 106 valence electrons. The summed E-state index contributed by atoms with van der Waals surface area (Å²) < 4.78 is 37.4. The van der Waals surface area contributed by atoms with Crippen LogP contribution in [0.3, 0.4) is 0 Å². The van der Waals surface area contributed by atoms with E-state index < -0.39 is 20.8 Å². The van der Waals surface area contributed by atoms with Crippen molar-refractivity contribution in [1.82, 2.24) is 4.72 Å². The molecular formula is C11H16N2O3S3. The first-order chi connectivity index (χ1) is 8.86. The zero-order valence-corrected chi connectivity index (χ0v) is 12.9. The van der Waals surface area contributed by atoms with Crippen LogP contribution in [0.15, 0.2) is 29.2 Å². The van der Waals surface area contributed by atoms with Crippen LogP contribution in [-0.4, -0.2) is 35.7 Å². The van der Waals surface area contributed by atoms with E-state index in [4.69, 9.17) is 18.0 Å². The quantitative estimate of drug-likeness (QED) is 0.709. The molecule has 1 aromatic carbocycles. The molecule has 0 radical (unpaired) electrons. The zero-order valence-electron chi connectivity index (χ0n) is 10.5. The van der Waals surface area contributed by atoms with Crippen molar-refractivity contribution >= 4 is 38.0 Å². The van der Waals surface area contributed by atoms with Gasteiger partial charge in [-0.2, -0.15) is 0 Å². The van der Waals surface area contributed by atoms with Crippen LogP contribution in [0.4, 0.5) is 0 Å². The van der Waals surface area contributed by atoms with E-state index in [0.29, 0.717) is 17.1 Å². The molecule has 1 rings (SSSR count). The zero-order chi connectivity index (χ0) is 14.5. The van der Waals surface area contributed by atoms with Gasteiger partial charge in [0.25, 0.3) is 0 Å². The molecule has 1 unspecified atom stereocenters. The highest BCUT2D eigenvalue weighted by atomic mass is 32.2. The van der Waals surface area contributed by atoms with Crippen LogP contribution in [0.2, 0.25) is 0 Å². The molecule has 0 aromatic heterocycles. The largest absolute Gasteiger partial charge is 0.389 e. The van der Waals surface area contributed by atoms with E-state index in [-0.39, 0.29) is 16.4 Å². The third-order valence-electron chi connectivity index (χ3n) is 2.39. The molecule has 0 fully saturated rings. The van der Waals surface area contributed by atoms with Crippen molar-refractivity contribution in [2.24, 2.45) is 5.73 Å². The lowest BCUT2D eigenvalue weighted by Crippen LogP contribution is -2.28. The van der Waals surface area contributed by atoms with Gasteiger partial charge in [-0.05, 0) is 12.1 Å². The summed E-state index contributed by atoms with van der Waals surface area (Å²) in [4.78, 5) is 0.352. The number of thiocarbonyl (C=S) groups is 1. The van der Waals surface area contributed by atoms with Crippen LogP contribution in [0.5, 0.6) is 0 Å². The molecule has 0 amide bonds. The maximum absolute atomic E-state index is 11.9. The monoisotopic (exact) mass is 320 g/mol. The number of nitrogens with one attached hydrogen (secondary N) is 1. The van der Waals surface area contributed by atoms with Crippen molar-refractivity contribution in [3.8, 4) is 0 Å². The van der Waals surface area contributed by atoms with E-state index in [1.54, 1.807) is 19.1 Å². The second-order valence-electron chi connectivity index (χ2n) is 3.72. The molecule has 0 aliphatic heterocycles. The Hall–Kier alpha value is -0.830. The molecule has 0 saturated carbocycles. The Kier molecular flexibility index (Phi) is 6.05. The number of sulfonamides is 1. The van der Waals surface area contributed by atoms with Crippen molar-refractivity contribution in [3.05, 3.63) is 29.8 Å². The molecule has 1 aromatic rings. The smallest absolute Gasteiger partial charge is 0.240 e. The standard InChI is InChI=1S/C11H16N2O3S3/c1-2-18(14)8-7-13-19(15,16)10-5-3-9(4-6-10)11(12)17/h3-6,13H,2,7-8H2,1H3,(H2,12,17). The highest BCUT2D eigenvalue weighted by molar-refractivity contribution is 7.89. The van der Waals surface area contributed by atoms with Crippen LogP contribution in [0, 0.1) is 0 Å². The third kappa shape index (κ3) is 4.98. The molecule has 5 nitrogen and oxygen atoms in total. The van der Waals surface area contributed by atoms with E-state index in [1.807, 2.05) is 0 Å². The first kappa shape index (κ1) is 16.2. The fraction of sp³-hybridized carbons (Fsp3) is 0.364. The minimum atomic E-state index is -3.58. The Morgan fingerprint density at radius 2 is 1.95 bits per heavy atom. The SMILES string of the molecule is CCS(=O)CCNS(=O)(=O)c1ccc(C(N)=S)cc1. The van der Waals surface area contributed by atoms with Gasteiger partial charge in [0.1, 0.15) is 4.99 Å². The molecule has 8 heteroatoms. The minimum absolute atomic E-state index is 0.134. The first-order valence-corrected chi connectivity index (χ1v) is 8.99. The van der Waals surface area contributed by atoms with Crippen molar-refractivity contribution in [2.45, 2.75) is 11.8 Å². The number of nitrogens with two attached hydrogens (primary N) is 1. The van der Waals surface area contributed by atoms with Gasteiger partial charge in [0, 0.05) is 34.4 Å². The lowest BCUT2D eigenvalue weighted by molar-refractivity contribution is 0.584. The van der Waals surface area contributed by atoms with Crippen LogP contribution < -0.4 is 10.5 Å². The van der Waals surface area contributed by atoms with Crippen LogP contribution in [0.1, 0.15) is 12.5 Å². The summed E-state index contributed by atoms with van der Waals surface area (Å²) in [5, 5.41) is 0. The Bertz CT molecular complexity index is 567. The maximum atomic E-state index is 11.9. The second kappa shape index (κ2) is 7.09. The van der Waals surface area contributed by atoms with Gasteiger partial charge in [-0.3, -0.25) is 4.21 Å². The Balaban J connectivity index is 2.72. The second-order valence-corrected chi connectivity index (χ2v) is 7.79. The van der Waals surface area contributed by atoms with Crippen LogP contribution in [0.25, 0.3) is 0 Å². The fourth-order valence-electron chi connectivity index (χ4n) is 1.32. The summed E-state index contributed by atoms with van der Waals surface area (Å²) in [5.74, 6) is 0.824. The average molecular weight is 320 g/mol. The highest BCUT2D eigenvalue weighted by Crippen LogP contribution is 2.10. The van der Waals surface area contributed by atoms with Crippen LogP contribution in [-0.2, 0) is 20.8 Å². The van der Waals surface area contributed by atoms with Gasteiger partial charge in [-0.25, -0.2) is 13.1 Å². The third-order valence-corrected chi connectivity index (χ3v) is 5.41. The molecule has 0 heterocycles. The van der Waals surface area contributed by atoms with Gasteiger partial charge < -0.3 is 5.73 Å². The Labute approximate surface area is 121 Å². The topological polar surface area (TPSA) is 89.3 Å². The summed E-state index contributed by atoms with van der Waals surface area (Å²) >= 11 is 4.79. The maximum Gasteiger partial charge on any atom is 0.240 e. The molecule has 0 bridgehead atoms. The molecular weight excluding hydrogens is 304 g/mol.